The fraction of sp³-hybridized carbons (Fsp3) is 0.800. The highest BCUT2D eigenvalue weighted by molar-refractivity contribution is 6.64. The summed E-state index contributed by atoms with van der Waals surface area (Å²) in [7, 11) is 0. The highest BCUT2D eigenvalue weighted by Crippen LogP contribution is 2.13. The van der Waals surface area contributed by atoms with Crippen LogP contribution in [0.4, 0.5) is 4.79 Å². The Morgan fingerprint density at radius 2 is 2.06 bits per heavy atom. The largest absolute Gasteiger partial charge is 0.444 e. The molecule has 1 heterocycles. The van der Waals surface area contributed by atoms with E-state index in [0.29, 0.717) is 13.2 Å². The van der Waals surface area contributed by atoms with E-state index < -0.39 is 23.0 Å². The molecule has 0 aromatic heterocycles. The Kier molecular flexibility index (Phi) is 4.15. The summed E-state index contributed by atoms with van der Waals surface area (Å²) in [6.07, 6.45) is -1.19. The first-order valence-electron chi connectivity index (χ1n) is 5.08. The van der Waals surface area contributed by atoms with Crippen LogP contribution in [-0.2, 0) is 14.3 Å². The number of carbonyl (C=O) groups is 2. The number of hydrogen-bond donors (Lipinski definition) is 0. The van der Waals surface area contributed by atoms with Crippen LogP contribution in [0.5, 0.6) is 0 Å². The Labute approximate surface area is 99.6 Å². The van der Waals surface area contributed by atoms with Gasteiger partial charge < -0.3 is 14.4 Å². The van der Waals surface area contributed by atoms with E-state index in [9.17, 15) is 9.59 Å². The normalized spacial score (nSPS) is 21.8. The molecule has 1 amide bonds. The van der Waals surface area contributed by atoms with Gasteiger partial charge in [0, 0.05) is 6.54 Å². The van der Waals surface area contributed by atoms with Crippen molar-refractivity contribution in [2.75, 3.05) is 19.7 Å². The predicted molar refractivity (Wildman–Crippen MR) is 58.4 cm³/mol. The lowest BCUT2D eigenvalue weighted by atomic mass is 10.2. The van der Waals surface area contributed by atoms with Crippen LogP contribution < -0.4 is 0 Å². The molecule has 0 aromatic rings. The number of carbonyl (C=O) groups excluding carboxylic acids is 2. The average molecular weight is 250 g/mol. The van der Waals surface area contributed by atoms with Crippen LogP contribution in [0, 0.1) is 0 Å². The lowest BCUT2D eigenvalue weighted by Crippen LogP contribution is -2.49. The van der Waals surface area contributed by atoms with Gasteiger partial charge in [0.05, 0.1) is 13.2 Å². The molecule has 5 nitrogen and oxygen atoms in total. The lowest BCUT2D eigenvalue weighted by molar-refractivity contribution is -0.127. The SMILES string of the molecule is CC(C)(C)OC(=O)N1CCOC(C(=O)Cl)C1. The molecule has 1 fully saturated rings. The van der Waals surface area contributed by atoms with Crippen molar-refractivity contribution in [2.24, 2.45) is 0 Å². The molecule has 0 radical (unpaired) electrons. The number of halogens is 1. The maximum atomic E-state index is 11.7. The van der Waals surface area contributed by atoms with E-state index in [-0.39, 0.29) is 6.54 Å². The second-order valence-electron chi connectivity index (χ2n) is 4.59. The molecule has 0 aliphatic carbocycles. The maximum Gasteiger partial charge on any atom is 0.410 e. The van der Waals surface area contributed by atoms with Gasteiger partial charge in [-0.3, -0.25) is 4.79 Å². The van der Waals surface area contributed by atoms with Crippen LogP contribution in [0.25, 0.3) is 0 Å². The summed E-state index contributed by atoms with van der Waals surface area (Å²) in [6, 6.07) is 0. The van der Waals surface area contributed by atoms with Crippen LogP contribution >= 0.6 is 11.6 Å². The molecule has 0 saturated carbocycles. The van der Waals surface area contributed by atoms with Crippen molar-refractivity contribution < 1.29 is 19.1 Å². The molecule has 1 saturated heterocycles. The number of amides is 1. The molecular weight excluding hydrogens is 234 g/mol. The van der Waals surface area contributed by atoms with E-state index in [1.54, 1.807) is 20.8 Å². The Hall–Kier alpha value is -0.810. The third-order valence-electron chi connectivity index (χ3n) is 1.97. The van der Waals surface area contributed by atoms with E-state index in [0.717, 1.165) is 0 Å². The summed E-state index contributed by atoms with van der Waals surface area (Å²) >= 11 is 5.32. The average Bonchev–Trinajstić information content (AvgIpc) is 2.15. The zero-order valence-electron chi connectivity index (χ0n) is 9.66. The van der Waals surface area contributed by atoms with Crippen molar-refractivity contribution in [3.05, 3.63) is 0 Å². The minimum absolute atomic E-state index is 0.150. The van der Waals surface area contributed by atoms with Gasteiger partial charge in [-0.05, 0) is 32.4 Å². The third-order valence-corrected chi connectivity index (χ3v) is 2.21. The molecule has 16 heavy (non-hydrogen) atoms. The summed E-state index contributed by atoms with van der Waals surface area (Å²) in [5.41, 5.74) is -0.546. The van der Waals surface area contributed by atoms with Gasteiger partial charge in [-0.2, -0.15) is 0 Å². The number of ether oxygens (including phenoxy) is 2. The molecule has 0 aromatic carbocycles. The monoisotopic (exact) mass is 249 g/mol. The van der Waals surface area contributed by atoms with Gasteiger partial charge in [-0.25, -0.2) is 4.79 Å². The summed E-state index contributed by atoms with van der Waals surface area (Å²) in [6.45, 7) is 6.22. The molecule has 1 aliphatic heterocycles. The van der Waals surface area contributed by atoms with Gasteiger partial charge in [-0.15, -0.1) is 0 Å². The Bertz CT molecular complexity index is 287. The summed E-state index contributed by atoms with van der Waals surface area (Å²) < 4.78 is 10.3. The maximum absolute atomic E-state index is 11.7. The molecule has 0 spiro atoms. The zero-order chi connectivity index (χ0) is 12.3. The molecule has 0 bridgehead atoms. The molecular formula is C10H16ClNO4. The molecule has 1 aliphatic rings. The Morgan fingerprint density at radius 3 is 2.56 bits per heavy atom. The van der Waals surface area contributed by atoms with Crippen molar-refractivity contribution in [3.63, 3.8) is 0 Å². The van der Waals surface area contributed by atoms with Gasteiger partial charge in [0.25, 0.3) is 5.24 Å². The second kappa shape index (κ2) is 5.01. The first kappa shape index (κ1) is 13.3. The minimum atomic E-state index is -0.747. The van der Waals surface area contributed by atoms with Crippen molar-refractivity contribution >= 4 is 22.9 Å². The molecule has 1 atom stereocenters. The highest BCUT2D eigenvalue weighted by Gasteiger charge is 2.30. The third kappa shape index (κ3) is 3.98. The fourth-order valence-corrected chi connectivity index (χ4v) is 1.41. The first-order chi connectivity index (χ1) is 7.29. The van der Waals surface area contributed by atoms with Crippen LogP contribution in [0.3, 0.4) is 0 Å². The van der Waals surface area contributed by atoms with Crippen molar-refractivity contribution in [3.8, 4) is 0 Å². The Balaban J connectivity index is 2.54. The van der Waals surface area contributed by atoms with E-state index in [4.69, 9.17) is 21.1 Å². The number of hydrogen-bond acceptors (Lipinski definition) is 4. The van der Waals surface area contributed by atoms with Crippen molar-refractivity contribution in [1.82, 2.24) is 4.90 Å². The van der Waals surface area contributed by atoms with Gasteiger partial charge in [0.15, 0.2) is 0 Å². The van der Waals surface area contributed by atoms with Crippen LogP contribution in [0.1, 0.15) is 20.8 Å². The summed E-state index contributed by atoms with van der Waals surface area (Å²) in [4.78, 5) is 24.0. The quantitative estimate of drug-likeness (QED) is 0.659. The molecule has 6 heteroatoms. The van der Waals surface area contributed by atoms with Gasteiger partial charge in [0.2, 0.25) is 0 Å². The van der Waals surface area contributed by atoms with Crippen molar-refractivity contribution in [1.29, 1.82) is 0 Å². The minimum Gasteiger partial charge on any atom is -0.444 e. The first-order valence-corrected chi connectivity index (χ1v) is 5.46. The van der Waals surface area contributed by atoms with Crippen LogP contribution in [0.15, 0.2) is 0 Å². The summed E-state index contributed by atoms with van der Waals surface area (Å²) in [5.74, 6) is 0. The second-order valence-corrected chi connectivity index (χ2v) is 4.96. The zero-order valence-corrected chi connectivity index (χ0v) is 10.4. The predicted octanol–water partition coefficient (Wildman–Crippen LogP) is 1.39. The van der Waals surface area contributed by atoms with Crippen LogP contribution in [-0.4, -0.2) is 47.6 Å². The van der Waals surface area contributed by atoms with E-state index in [1.807, 2.05) is 0 Å². The topological polar surface area (TPSA) is 55.8 Å². The number of rotatable bonds is 1. The molecule has 1 unspecified atom stereocenters. The molecule has 0 N–H and O–H groups in total. The summed E-state index contributed by atoms with van der Waals surface area (Å²) in [5, 5.41) is -0.590. The molecule has 1 rings (SSSR count). The lowest BCUT2D eigenvalue weighted by Gasteiger charge is -2.32. The van der Waals surface area contributed by atoms with Gasteiger partial charge in [-0.1, -0.05) is 0 Å². The van der Waals surface area contributed by atoms with E-state index >= 15 is 0 Å². The highest BCUT2D eigenvalue weighted by atomic mass is 35.5. The Morgan fingerprint density at radius 1 is 1.44 bits per heavy atom. The van der Waals surface area contributed by atoms with E-state index in [1.165, 1.54) is 4.90 Å². The fourth-order valence-electron chi connectivity index (χ4n) is 1.28. The van der Waals surface area contributed by atoms with E-state index in [2.05, 4.69) is 0 Å². The standard InChI is InChI=1S/C10H16ClNO4/c1-10(2,3)16-9(14)12-4-5-15-7(6-12)8(11)13/h7H,4-6H2,1-3H3. The van der Waals surface area contributed by atoms with Crippen molar-refractivity contribution in [2.45, 2.75) is 32.5 Å². The number of morpholine rings is 1. The van der Waals surface area contributed by atoms with Gasteiger partial charge >= 0.3 is 6.09 Å². The van der Waals surface area contributed by atoms with Crippen LogP contribution in [0.2, 0.25) is 0 Å². The number of nitrogens with zero attached hydrogens (tertiary/aromatic N) is 1. The molecule has 92 valence electrons. The smallest absolute Gasteiger partial charge is 0.410 e. The van der Waals surface area contributed by atoms with Gasteiger partial charge in [0.1, 0.15) is 11.7 Å².